The third kappa shape index (κ3) is 2.16. The van der Waals surface area contributed by atoms with Gasteiger partial charge in [-0.2, -0.15) is 0 Å². The quantitative estimate of drug-likeness (QED) is 0.774. The SMILES string of the molecule is CNc1cn2ccnc2c(Nc2cccc(Cl)c2C)n1. The molecule has 0 atom stereocenters. The number of rotatable bonds is 3. The number of anilines is 3. The van der Waals surface area contributed by atoms with E-state index in [2.05, 4.69) is 20.6 Å². The number of nitrogens with zero attached hydrogens (tertiary/aromatic N) is 3. The largest absolute Gasteiger partial charge is 0.372 e. The summed E-state index contributed by atoms with van der Waals surface area (Å²) in [6.07, 6.45) is 5.51. The Hall–Kier alpha value is -2.27. The van der Waals surface area contributed by atoms with E-state index in [0.717, 1.165) is 27.7 Å². The van der Waals surface area contributed by atoms with Crippen LogP contribution in [-0.4, -0.2) is 21.4 Å². The van der Waals surface area contributed by atoms with Gasteiger partial charge < -0.3 is 15.0 Å². The number of aromatic nitrogens is 3. The molecule has 0 radical (unpaired) electrons. The molecule has 0 aliphatic carbocycles. The molecule has 2 N–H and O–H groups in total. The molecule has 0 aliphatic heterocycles. The Morgan fingerprint density at radius 2 is 2.15 bits per heavy atom. The fourth-order valence-corrected chi connectivity index (χ4v) is 2.18. The van der Waals surface area contributed by atoms with Crippen molar-refractivity contribution in [2.45, 2.75) is 6.92 Å². The highest BCUT2D eigenvalue weighted by molar-refractivity contribution is 6.31. The molecule has 2 heterocycles. The lowest BCUT2D eigenvalue weighted by molar-refractivity contribution is 1.12. The first-order chi connectivity index (χ1) is 9.69. The lowest BCUT2D eigenvalue weighted by atomic mass is 10.2. The lowest BCUT2D eigenvalue weighted by Crippen LogP contribution is -2.03. The van der Waals surface area contributed by atoms with Crippen molar-refractivity contribution in [3.05, 3.63) is 47.4 Å². The molecule has 5 nitrogen and oxygen atoms in total. The average molecular weight is 288 g/mol. The minimum absolute atomic E-state index is 0.687. The second kappa shape index (κ2) is 5.02. The first kappa shape index (κ1) is 12.7. The van der Waals surface area contributed by atoms with Crippen LogP contribution in [0.2, 0.25) is 5.02 Å². The number of fused-ring (bicyclic) bond motifs is 1. The number of halogens is 1. The van der Waals surface area contributed by atoms with Crippen LogP contribution in [0.15, 0.2) is 36.8 Å². The van der Waals surface area contributed by atoms with Crippen LogP contribution < -0.4 is 10.6 Å². The molecule has 3 rings (SSSR count). The van der Waals surface area contributed by atoms with Crippen molar-refractivity contribution in [2.75, 3.05) is 17.7 Å². The number of imidazole rings is 1. The van der Waals surface area contributed by atoms with Crippen LogP contribution in [-0.2, 0) is 0 Å². The average Bonchev–Trinajstić information content (AvgIpc) is 2.92. The highest BCUT2D eigenvalue weighted by Crippen LogP contribution is 2.27. The Bertz CT molecular complexity index is 765. The predicted octanol–water partition coefficient (Wildman–Crippen LogP) is 3.48. The minimum atomic E-state index is 0.687. The molecule has 102 valence electrons. The standard InChI is InChI=1S/C14H14ClN5/c1-9-10(15)4-3-5-11(9)18-13-14-17-6-7-20(14)8-12(16-2)19-13/h3-8,16H,1-2H3,(H,18,19). The monoisotopic (exact) mass is 287 g/mol. The van der Waals surface area contributed by atoms with E-state index in [1.807, 2.05) is 49.0 Å². The number of benzene rings is 1. The third-order valence-corrected chi connectivity index (χ3v) is 3.56. The summed E-state index contributed by atoms with van der Waals surface area (Å²) in [5.74, 6) is 1.45. The number of nitrogens with one attached hydrogen (secondary N) is 2. The molecule has 0 amide bonds. The molecule has 1 aromatic carbocycles. The van der Waals surface area contributed by atoms with Gasteiger partial charge in [0.2, 0.25) is 0 Å². The molecular formula is C14H14ClN5. The molecule has 2 aromatic heterocycles. The Labute approximate surface area is 121 Å². The summed E-state index contributed by atoms with van der Waals surface area (Å²) in [6.45, 7) is 1.97. The van der Waals surface area contributed by atoms with E-state index >= 15 is 0 Å². The third-order valence-electron chi connectivity index (χ3n) is 3.15. The summed E-state index contributed by atoms with van der Waals surface area (Å²) in [6, 6.07) is 5.74. The topological polar surface area (TPSA) is 54.2 Å². The Balaban J connectivity index is 2.10. The smallest absolute Gasteiger partial charge is 0.180 e. The Morgan fingerprint density at radius 1 is 1.30 bits per heavy atom. The van der Waals surface area contributed by atoms with Crippen LogP contribution in [0.4, 0.5) is 17.3 Å². The fourth-order valence-electron chi connectivity index (χ4n) is 2.01. The first-order valence-electron chi connectivity index (χ1n) is 6.22. The highest BCUT2D eigenvalue weighted by atomic mass is 35.5. The van der Waals surface area contributed by atoms with Crippen LogP contribution in [0, 0.1) is 6.92 Å². The molecule has 3 aromatic rings. The molecule has 0 aliphatic rings. The molecule has 0 unspecified atom stereocenters. The summed E-state index contributed by atoms with van der Waals surface area (Å²) >= 11 is 6.14. The zero-order valence-corrected chi connectivity index (χ0v) is 11.9. The van der Waals surface area contributed by atoms with Gasteiger partial charge in [0.25, 0.3) is 0 Å². The van der Waals surface area contributed by atoms with Crippen molar-refractivity contribution in [3.63, 3.8) is 0 Å². The molecule has 0 saturated carbocycles. The van der Waals surface area contributed by atoms with E-state index in [1.165, 1.54) is 0 Å². The second-order valence-electron chi connectivity index (χ2n) is 4.42. The van der Waals surface area contributed by atoms with Gasteiger partial charge in [-0.15, -0.1) is 0 Å². The molecule has 0 fully saturated rings. The summed E-state index contributed by atoms with van der Waals surface area (Å²) in [7, 11) is 1.83. The van der Waals surface area contributed by atoms with Crippen LogP contribution in [0.25, 0.3) is 5.65 Å². The second-order valence-corrected chi connectivity index (χ2v) is 4.83. The minimum Gasteiger partial charge on any atom is -0.372 e. The van der Waals surface area contributed by atoms with Gasteiger partial charge in [-0.1, -0.05) is 17.7 Å². The molecule has 0 saturated heterocycles. The van der Waals surface area contributed by atoms with Gasteiger partial charge in [-0.05, 0) is 24.6 Å². The molecule has 6 heteroatoms. The number of hydrogen-bond acceptors (Lipinski definition) is 4. The van der Waals surface area contributed by atoms with Crippen LogP contribution in [0.5, 0.6) is 0 Å². The summed E-state index contributed by atoms with van der Waals surface area (Å²) < 4.78 is 1.92. The van der Waals surface area contributed by atoms with Gasteiger partial charge in [0, 0.05) is 30.2 Å². The lowest BCUT2D eigenvalue weighted by Gasteiger charge is -2.12. The normalized spacial score (nSPS) is 10.8. The maximum absolute atomic E-state index is 6.14. The van der Waals surface area contributed by atoms with Gasteiger partial charge in [0.1, 0.15) is 5.82 Å². The highest BCUT2D eigenvalue weighted by Gasteiger charge is 2.09. The molecule has 0 bridgehead atoms. The summed E-state index contributed by atoms with van der Waals surface area (Å²) in [5, 5.41) is 7.05. The fraction of sp³-hybridized carbons (Fsp3) is 0.143. The first-order valence-corrected chi connectivity index (χ1v) is 6.60. The zero-order valence-electron chi connectivity index (χ0n) is 11.2. The van der Waals surface area contributed by atoms with Gasteiger partial charge >= 0.3 is 0 Å². The van der Waals surface area contributed by atoms with Crippen molar-refractivity contribution < 1.29 is 0 Å². The molecular weight excluding hydrogens is 274 g/mol. The van der Waals surface area contributed by atoms with Gasteiger partial charge in [-0.25, -0.2) is 9.97 Å². The van der Waals surface area contributed by atoms with E-state index in [0.29, 0.717) is 5.82 Å². The maximum Gasteiger partial charge on any atom is 0.180 e. The van der Waals surface area contributed by atoms with Crippen LogP contribution in [0.3, 0.4) is 0 Å². The zero-order chi connectivity index (χ0) is 14.1. The van der Waals surface area contributed by atoms with Crippen molar-refractivity contribution in [1.82, 2.24) is 14.4 Å². The van der Waals surface area contributed by atoms with Crippen molar-refractivity contribution in [3.8, 4) is 0 Å². The van der Waals surface area contributed by atoms with Crippen molar-refractivity contribution in [1.29, 1.82) is 0 Å². The van der Waals surface area contributed by atoms with Crippen molar-refractivity contribution in [2.24, 2.45) is 0 Å². The van der Waals surface area contributed by atoms with E-state index in [9.17, 15) is 0 Å². The van der Waals surface area contributed by atoms with Crippen molar-refractivity contribution >= 4 is 34.6 Å². The van der Waals surface area contributed by atoms with E-state index < -0.39 is 0 Å². The molecule has 20 heavy (non-hydrogen) atoms. The van der Waals surface area contributed by atoms with E-state index in [4.69, 9.17) is 11.6 Å². The van der Waals surface area contributed by atoms with Crippen LogP contribution >= 0.6 is 11.6 Å². The number of hydrogen-bond donors (Lipinski definition) is 2. The summed E-state index contributed by atoms with van der Waals surface area (Å²) in [4.78, 5) is 8.83. The summed E-state index contributed by atoms with van der Waals surface area (Å²) in [5.41, 5.74) is 2.67. The maximum atomic E-state index is 6.14. The van der Waals surface area contributed by atoms with E-state index in [-0.39, 0.29) is 0 Å². The Morgan fingerprint density at radius 3 is 2.95 bits per heavy atom. The Kier molecular flexibility index (Phi) is 3.20. The van der Waals surface area contributed by atoms with Gasteiger partial charge in [0.05, 0.1) is 6.20 Å². The van der Waals surface area contributed by atoms with Gasteiger partial charge in [-0.3, -0.25) is 0 Å². The van der Waals surface area contributed by atoms with Crippen LogP contribution in [0.1, 0.15) is 5.56 Å². The predicted molar refractivity (Wildman–Crippen MR) is 82.0 cm³/mol. The molecule has 0 spiro atoms. The van der Waals surface area contributed by atoms with Gasteiger partial charge in [0.15, 0.2) is 11.5 Å². The van der Waals surface area contributed by atoms with E-state index in [1.54, 1.807) is 6.20 Å².